The van der Waals surface area contributed by atoms with Gasteiger partial charge >= 0.3 is 11.9 Å². The molecule has 0 amide bonds. The fourth-order valence-electron chi connectivity index (χ4n) is 1.01. The van der Waals surface area contributed by atoms with Crippen LogP contribution in [0.1, 0.15) is 26.2 Å². The van der Waals surface area contributed by atoms with Crippen molar-refractivity contribution in [3.05, 3.63) is 36.5 Å². The van der Waals surface area contributed by atoms with Crippen LogP contribution in [0.25, 0.3) is 0 Å². The molecule has 1 unspecified atom stereocenters. The number of unbranched alkanes of at least 4 members (excludes halogenated alkanes) is 1. The van der Waals surface area contributed by atoms with Gasteiger partial charge in [-0.1, -0.05) is 36.8 Å². The van der Waals surface area contributed by atoms with Crippen molar-refractivity contribution in [1.29, 1.82) is 0 Å². The lowest BCUT2D eigenvalue weighted by atomic mass is 10.1. The van der Waals surface area contributed by atoms with Gasteiger partial charge in [-0.15, -0.1) is 0 Å². The first kappa shape index (κ1) is 20.4. The van der Waals surface area contributed by atoms with Crippen LogP contribution in [-0.4, -0.2) is 34.7 Å². The van der Waals surface area contributed by atoms with Gasteiger partial charge in [0.1, 0.15) is 6.04 Å². The SMILES string of the molecule is CC=CC=CC=CC(=O)O.NCCCCC(N)C(=O)O. The molecule has 0 rings (SSSR count). The molecule has 114 valence electrons. The van der Waals surface area contributed by atoms with Crippen LogP contribution in [0.15, 0.2) is 36.5 Å². The van der Waals surface area contributed by atoms with Crippen LogP contribution < -0.4 is 11.5 Å². The summed E-state index contributed by atoms with van der Waals surface area (Å²) in [4.78, 5) is 20.0. The first-order valence-electron chi connectivity index (χ1n) is 6.33. The van der Waals surface area contributed by atoms with Crippen molar-refractivity contribution in [2.24, 2.45) is 11.5 Å². The van der Waals surface area contributed by atoms with Crippen LogP contribution in [0, 0.1) is 0 Å². The van der Waals surface area contributed by atoms with E-state index in [2.05, 4.69) is 0 Å². The number of allylic oxidation sites excluding steroid dienone is 5. The van der Waals surface area contributed by atoms with Gasteiger partial charge < -0.3 is 21.7 Å². The molecule has 0 saturated carbocycles. The summed E-state index contributed by atoms with van der Waals surface area (Å²) in [5, 5.41) is 16.5. The van der Waals surface area contributed by atoms with Gasteiger partial charge in [-0.2, -0.15) is 0 Å². The molecule has 6 heteroatoms. The molecule has 0 aromatic carbocycles. The number of hydrogen-bond acceptors (Lipinski definition) is 4. The smallest absolute Gasteiger partial charge is 0.328 e. The summed E-state index contributed by atoms with van der Waals surface area (Å²) in [7, 11) is 0. The Labute approximate surface area is 119 Å². The Morgan fingerprint density at radius 1 is 1.10 bits per heavy atom. The molecule has 0 fully saturated rings. The fraction of sp³-hybridized carbons (Fsp3) is 0.429. The molecule has 1 atom stereocenters. The van der Waals surface area contributed by atoms with E-state index in [0.29, 0.717) is 13.0 Å². The highest BCUT2D eigenvalue weighted by molar-refractivity contribution is 5.80. The molecule has 0 bridgehead atoms. The molecule has 0 aliphatic carbocycles. The second kappa shape index (κ2) is 15.1. The van der Waals surface area contributed by atoms with Gasteiger partial charge in [0.25, 0.3) is 0 Å². The number of aliphatic carboxylic acids is 2. The van der Waals surface area contributed by atoms with E-state index in [4.69, 9.17) is 21.7 Å². The van der Waals surface area contributed by atoms with E-state index < -0.39 is 18.0 Å². The normalized spacial score (nSPS) is 12.6. The molecule has 0 aliphatic heterocycles. The van der Waals surface area contributed by atoms with Gasteiger partial charge in [-0.3, -0.25) is 4.79 Å². The predicted molar refractivity (Wildman–Crippen MR) is 79.2 cm³/mol. The van der Waals surface area contributed by atoms with Gasteiger partial charge in [-0.25, -0.2) is 4.79 Å². The van der Waals surface area contributed by atoms with Crippen LogP contribution in [0.2, 0.25) is 0 Å². The summed E-state index contributed by atoms with van der Waals surface area (Å²) in [6.07, 6.45) is 11.8. The second-order valence-corrected chi connectivity index (χ2v) is 3.84. The van der Waals surface area contributed by atoms with E-state index in [-0.39, 0.29) is 0 Å². The Kier molecular flexibility index (Phi) is 15.4. The maximum absolute atomic E-state index is 10.1. The molecule has 0 spiro atoms. The first-order chi connectivity index (χ1) is 9.45. The van der Waals surface area contributed by atoms with Crippen molar-refractivity contribution < 1.29 is 19.8 Å². The molecule has 0 aromatic heterocycles. The van der Waals surface area contributed by atoms with Crippen molar-refractivity contribution >= 4 is 11.9 Å². The van der Waals surface area contributed by atoms with Crippen LogP contribution in [-0.2, 0) is 9.59 Å². The Hall–Kier alpha value is -1.92. The lowest BCUT2D eigenvalue weighted by Gasteiger charge is -2.03. The molecule has 0 radical (unpaired) electrons. The first-order valence-corrected chi connectivity index (χ1v) is 6.33. The molecular formula is C14H24N2O4. The van der Waals surface area contributed by atoms with E-state index in [0.717, 1.165) is 18.9 Å². The molecule has 0 heterocycles. The Balaban J connectivity index is 0. The quantitative estimate of drug-likeness (QED) is 0.302. The topological polar surface area (TPSA) is 127 Å². The van der Waals surface area contributed by atoms with Crippen molar-refractivity contribution in [2.45, 2.75) is 32.2 Å². The fourth-order valence-corrected chi connectivity index (χ4v) is 1.01. The Morgan fingerprint density at radius 2 is 1.70 bits per heavy atom. The third kappa shape index (κ3) is 18.4. The average molecular weight is 284 g/mol. The van der Waals surface area contributed by atoms with Crippen molar-refractivity contribution in [3.63, 3.8) is 0 Å². The molecule has 6 nitrogen and oxygen atoms in total. The summed E-state index contributed by atoms with van der Waals surface area (Å²) in [6.45, 7) is 2.50. The lowest BCUT2D eigenvalue weighted by Crippen LogP contribution is -2.29. The van der Waals surface area contributed by atoms with Gasteiger partial charge in [0.2, 0.25) is 0 Å². The van der Waals surface area contributed by atoms with E-state index in [1.807, 2.05) is 19.1 Å². The molecule has 0 saturated heterocycles. The summed E-state index contributed by atoms with van der Waals surface area (Å²) >= 11 is 0. The number of rotatable bonds is 8. The molecule has 6 N–H and O–H groups in total. The second-order valence-electron chi connectivity index (χ2n) is 3.84. The van der Waals surface area contributed by atoms with Gasteiger partial charge in [0.05, 0.1) is 0 Å². The summed E-state index contributed by atoms with van der Waals surface area (Å²) in [5.74, 6) is -1.86. The highest BCUT2D eigenvalue weighted by atomic mass is 16.4. The monoisotopic (exact) mass is 284 g/mol. The molecule has 0 aliphatic rings. The van der Waals surface area contributed by atoms with Crippen molar-refractivity contribution in [2.75, 3.05) is 6.54 Å². The summed E-state index contributed by atoms with van der Waals surface area (Å²) in [6, 6.07) is -0.716. The maximum Gasteiger partial charge on any atom is 0.328 e. The summed E-state index contributed by atoms with van der Waals surface area (Å²) < 4.78 is 0. The number of nitrogens with two attached hydrogens (primary N) is 2. The third-order valence-corrected chi connectivity index (χ3v) is 2.05. The summed E-state index contributed by atoms with van der Waals surface area (Å²) in [5.41, 5.74) is 10.4. The average Bonchev–Trinajstić information content (AvgIpc) is 2.39. The Morgan fingerprint density at radius 3 is 2.15 bits per heavy atom. The van der Waals surface area contributed by atoms with Crippen LogP contribution in [0.4, 0.5) is 0 Å². The highest BCUT2D eigenvalue weighted by Gasteiger charge is 2.09. The maximum atomic E-state index is 10.1. The van der Waals surface area contributed by atoms with Gasteiger partial charge in [-0.05, 0) is 26.3 Å². The van der Waals surface area contributed by atoms with Gasteiger partial charge in [0, 0.05) is 6.08 Å². The number of hydrogen-bond donors (Lipinski definition) is 4. The highest BCUT2D eigenvalue weighted by Crippen LogP contribution is 1.96. The number of carbonyl (C=O) groups is 2. The lowest BCUT2D eigenvalue weighted by molar-refractivity contribution is -0.138. The van der Waals surface area contributed by atoms with E-state index >= 15 is 0 Å². The van der Waals surface area contributed by atoms with Crippen molar-refractivity contribution in [3.8, 4) is 0 Å². The zero-order chi connectivity index (χ0) is 15.8. The predicted octanol–water partition coefficient (Wildman–Crippen LogP) is 1.29. The molecular weight excluding hydrogens is 260 g/mol. The van der Waals surface area contributed by atoms with E-state index in [9.17, 15) is 9.59 Å². The van der Waals surface area contributed by atoms with E-state index in [1.54, 1.807) is 12.2 Å². The minimum atomic E-state index is -0.933. The van der Waals surface area contributed by atoms with Crippen molar-refractivity contribution in [1.82, 2.24) is 0 Å². The van der Waals surface area contributed by atoms with Crippen LogP contribution in [0.5, 0.6) is 0 Å². The minimum absolute atomic E-state index is 0.520. The van der Waals surface area contributed by atoms with Crippen LogP contribution in [0.3, 0.4) is 0 Å². The number of carboxylic acid groups (broad SMARTS) is 2. The largest absolute Gasteiger partial charge is 0.480 e. The minimum Gasteiger partial charge on any atom is -0.480 e. The van der Waals surface area contributed by atoms with Crippen LogP contribution >= 0.6 is 0 Å². The zero-order valence-corrected chi connectivity index (χ0v) is 11.7. The number of carboxylic acids is 2. The Bertz CT molecular complexity index is 349. The third-order valence-electron chi connectivity index (χ3n) is 2.05. The molecule has 20 heavy (non-hydrogen) atoms. The van der Waals surface area contributed by atoms with Gasteiger partial charge in [0.15, 0.2) is 0 Å². The standard InChI is InChI=1S/C8H10O2.C6H14N2O2/c1-2-3-4-5-6-7-8(9)10;7-4-2-1-3-5(8)6(9)10/h2-7H,1H3,(H,9,10);5H,1-4,7-8H2,(H,9,10). The molecule has 0 aromatic rings. The van der Waals surface area contributed by atoms with E-state index in [1.165, 1.54) is 6.08 Å². The zero-order valence-electron chi connectivity index (χ0n) is 11.7.